The molecule has 5 rings (SSSR count). The summed E-state index contributed by atoms with van der Waals surface area (Å²) in [6.07, 6.45) is 4.24. The van der Waals surface area contributed by atoms with Crippen molar-refractivity contribution < 1.29 is 15.0 Å². The van der Waals surface area contributed by atoms with Crippen molar-refractivity contribution in [2.75, 3.05) is 37.7 Å². The number of hydrogen-bond acceptors (Lipinski definition) is 6. The number of thiophene rings is 1. The molecule has 6 nitrogen and oxygen atoms in total. The molecule has 0 bridgehead atoms. The second-order valence-electron chi connectivity index (χ2n) is 8.92. The average Bonchev–Trinajstić information content (AvgIpc) is 3.28. The summed E-state index contributed by atoms with van der Waals surface area (Å²) in [4.78, 5) is 21.5. The predicted molar refractivity (Wildman–Crippen MR) is 129 cm³/mol. The highest BCUT2D eigenvalue weighted by Crippen LogP contribution is 2.35. The number of aromatic nitrogens is 1. The van der Waals surface area contributed by atoms with Crippen LogP contribution in [0.1, 0.15) is 36.0 Å². The lowest BCUT2D eigenvalue weighted by Gasteiger charge is -2.42. The summed E-state index contributed by atoms with van der Waals surface area (Å²) in [5, 5.41) is 22.6. The van der Waals surface area contributed by atoms with E-state index in [9.17, 15) is 15.0 Å². The maximum Gasteiger partial charge on any atom is 0.339 e. The molecule has 2 aliphatic rings. The van der Waals surface area contributed by atoms with Crippen molar-refractivity contribution in [2.45, 2.75) is 31.7 Å². The maximum absolute atomic E-state index is 12.0. The summed E-state index contributed by atoms with van der Waals surface area (Å²) < 4.78 is 1.21. The highest BCUT2D eigenvalue weighted by Gasteiger charge is 2.30. The first-order chi connectivity index (χ1) is 15.6. The number of nitrogens with zero attached hydrogens (tertiary/aromatic N) is 3. The number of carbonyl (C=O) groups is 1. The number of carboxylic acid groups (broad SMARTS) is 1. The number of rotatable bonds is 5. The van der Waals surface area contributed by atoms with Crippen LogP contribution in [0, 0.1) is 5.92 Å². The zero-order valence-electron chi connectivity index (χ0n) is 18.1. The molecule has 0 radical (unpaired) electrons. The Labute approximate surface area is 192 Å². The Morgan fingerprint density at radius 2 is 1.91 bits per heavy atom. The van der Waals surface area contributed by atoms with Gasteiger partial charge in [0.2, 0.25) is 0 Å². The van der Waals surface area contributed by atoms with Gasteiger partial charge in [0, 0.05) is 53.3 Å². The molecule has 2 saturated heterocycles. The Morgan fingerprint density at radius 3 is 2.69 bits per heavy atom. The van der Waals surface area contributed by atoms with Crippen molar-refractivity contribution in [3.8, 4) is 11.3 Å². The van der Waals surface area contributed by atoms with Crippen molar-refractivity contribution in [3.05, 3.63) is 47.3 Å². The van der Waals surface area contributed by atoms with E-state index < -0.39 is 5.97 Å². The fourth-order valence-electron chi connectivity index (χ4n) is 5.20. The Hall–Kier alpha value is -2.48. The number of aromatic carboxylic acids is 1. The molecule has 2 aromatic heterocycles. The molecule has 1 atom stereocenters. The fourth-order valence-corrected chi connectivity index (χ4v) is 6.16. The minimum Gasteiger partial charge on any atom is -0.478 e. The molecule has 3 aromatic rings. The number of anilines is 1. The number of benzene rings is 1. The smallest absolute Gasteiger partial charge is 0.339 e. The molecular formula is C25H29N3O3S. The van der Waals surface area contributed by atoms with Crippen LogP contribution < -0.4 is 4.90 Å². The molecule has 2 N–H and O–H groups in total. The van der Waals surface area contributed by atoms with Gasteiger partial charge in [-0.15, -0.1) is 11.3 Å². The Kier molecular flexibility index (Phi) is 6.13. The molecule has 2 fully saturated rings. The zero-order valence-corrected chi connectivity index (χ0v) is 18.9. The normalized spacial score (nSPS) is 20.7. The quantitative estimate of drug-likeness (QED) is 0.601. The van der Waals surface area contributed by atoms with Gasteiger partial charge in [0.15, 0.2) is 0 Å². The van der Waals surface area contributed by atoms with E-state index in [0.717, 1.165) is 68.5 Å². The molecule has 2 aliphatic heterocycles. The molecule has 32 heavy (non-hydrogen) atoms. The van der Waals surface area contributed by atoms with Gasteiger partial charge < -0.3 is 15.1 Å². The molecule has 4 heterocycles. The molecule has 7 heteroatoms. The number of hydrogen-bond donors (Lipinski definition) is 2. The summed E-state index contributed by atoms with van der Waals surface area (Å²) in [5.41, 5.74) is 2.15. The van der Waals surface area contributed by atoms with Crippen molar-refractivity contribution in [3.63, 3.8) is 0 Å². The number of piperidine rings is 2. The van der Waals surface area contributed by atoms with E-state index in [2.05, 4.69) is 27.3 Å². The van der Waals surface area contributed by atoms with Crippen LogP contribution in [0.15, 0.2) is 41.8 Å². The SMILES string of the molecule is O=C(O)c1ccc(-c2csc3ccccc23)nc1N1CCC(N2CCCC(CO)C2)CC1. The van der Waals surface area contributed by atoms with Crippen LogP contribution in [0.5, 0.6) is 0 Å². The van der Waals surface area contributed by atoms with Crippen molar-refractivity contribution in [2.24, 2.45) is 5.92 Å². The Bertz CT molecular complexity index is 1110. The van der Waals surface area contributed by atoms with E-state index in [0.29, 0.717) is 17.8 Å². The number of pyridine rings is 1. The van der Waals surface area contributed by atoms with Crippen LogP contribution in [-0.4, -0.2) is 64.9 Å². The molecule has 0 spiro atoms. The minimum atomic E-state index is -0.932. The number of likely N-dealkylation sites (tertiary alicyclic amines) is 1. The third-order valence-electron chi connectivity index (χ3n) is 6.95. The second-order valence-corrected chi connectivity index (χ2v) is 9.83. The fraction of sp³-hybridized carbons (Fsp3) is 0.440. The first-order valence-corrected chi connectivity index (χ1v) is 12.3. The Balaban J connectivity index is 1.38. The van der Waals surface area contributed by atoms with Gasteiger partial charge in [0.25, 0.3) is 0 Å². The molecule has 0 amide bonds. The summed E-state index contributed by atoms with van der Waals surface area (Å²) in [5.74, 6) is 0.0351. The van der Waals surface area contributed by atoms with Crippen LogP contribution in [0.4, 0.5) is 5.82 Å². The van der Waals surface area contributed by atoms with Gasteiger partial charge in [0.1, 0.15) is 11.4 Å². The topological polar surface area (TPSA) is 76.9 Å². The van der Waals surface area contributed by atoms with Gasteiger partial charge in [-0.1, -0.05) is 18.2 Å². The van der Waals surface area contributed by atoms with E-state index in [1.165, 1.54) is 4.70 Å². The van der Waals surface area contributed by atoms with E-state index in [-0.39, 0.29) is 12.2 Å². The number of aliphatic hydroxyl groups excluding tert-OH is 1. The first kappa shape index (κ1) is 21.4. The lowest BCUT2D eigenvalue weighted by atomic mass is 9.94. The monoisotopic (exact) mass is 451 g/mol. The highest BCUT2D eigenvalue weighted by molar-refractivity contribution is 7.17. The third kappa shape index (κ3) is 4.12. The number of carboxylic acids is 1. The van der Waals surface area contributed by atoms with Gasteiger partial charge in [-0.3, -0.25) is 4.90 Å². The van der Waals surface area contributed by atoms with Crippen LogP contribution in [-0.2, 0) is 0 Å². The third-order valence-corrected chi connectivity index (χ3v) is 7.91. The Morgan fingerprint density at radius 1 is 1.09 bits per heavy atom. The summed E-state index contributed by atoms with van der Waals surface area (Å²) in [6.45, 7) is 3.93. The average molecular weight is 452 g/mol. The molecule has 0 saturated carbocycles. The molecule has 0 aliphatic carbocycles. The van der Waals surface area contributed by atoms with Crippen molar-refractivity contribution >= 4 is 33.2 Å². The lowest BCUT2D eigenvalue weighted by Crippen LogP contribution is -2.49. The lowest BCUT2D eigenvalue weighted by molar-refractivity contribution is 0.0696. The summed E-state index contributed by atoms with van der Waals surface area (Å²) >= 11 is 1.69. The largest absolute Gasteiger partial charge is 0.478 e. The first-order valence-electron chi connectivity index (χ1n) is 11.4. The zero-order chi connectivity index (χ0) is 22.1. The van der Waals surface area contributed by atoms with Gasteiger partial charge in [-0.2, -0.15) is 0 Å². The van der Waals surface area contributed by atoms with Crippen molar-refractivity contribution in [1.82, 2.24) is 9.88 Å². The molecule has 1 unspecified atom stereocenters. The highest BCUT2D eigenvalue weighted by atomic mass is 32.1. The summed E-state index contributed by atoms with van der Waals surface area (Å²) in [6, 6.07) is 12.3. The predicted octanol–water partition coefficient (Wildman–Crippen LogP) is 4.33. The van der Waals surface area contributed by atoms with Crippen molar-refractivity contribution in [1.29, 1.82) is 0 Å². The van der Waals surface area contributed by atoms with Crippen LogP contribution in [0.25, 0.3) is 21.3 Å². The van der Waals surface area contributed by atoms with E-state index in [1.54, 1.807) is 17.4 Å². The maximum atomic E-state index is 12.0. The van der Waals surface area contributed by atoms with Gasteiger partial charge >= 0.3 is 5.97 Å². The molecule has 168 valence electrons. The number of aliphatic hydroxyl groups is 1. The van der Waals surface area contributed by atoms with Gasteiger partial charge in [0.05, 0.1) is 5.69 Å². The summed E-state index contributed by atoms with van der Waals surface area (Å²) in [7, 11) is 0. The van der Waals surface area contributed by atoms with E-state index in [4.69, 9.17) is 4.98 Å². The van der Waals surface area contributed by atoms with Crippen LogP contribution in [0.3, 0.4) is 0 Å². The van der Waals surface area contributed by atoms with E-state index in [1.807, 2.05) is 18.2 Å². The molecular weight excluding hydrogens is 422 g/mol. The standard InChI is InChI=1S/C25H29N3O3S/c29-15-17-4-3-11-28(14-17)18-9-12-27(13-10-18)24-20(25(30)31)7-8-22(26-24)21-16-32-23-6-2-1-5-19(21)23/h1-2,5-8,16-18,29H,3-4,9-15H2,(H,30,31). The van der Waals surface area contributed by atoms with Crippen LogP contribution in [0.2, 0.25) is 0 Å². The van der Waals surface area contributed by atoms with Gasteiger partial charge in [-0.05, 0) is 56.3 Å². The minimum absolute atomic E-state index is 0.269. The second kappa shape index (κ2) is 9.17. The van der Waals surface area contributed by atoms with Crippen LogP contribution >= 0.6 is 11.3 Å². The molecule has 1 aromatic carbocycles. The van der Waals surface area contributed by atoms with Gasteiger partial charge in [-0.25, -0.2) is 9.78 Å². The van der Waals surface area contributed by atoms with E-state index >= 15 is 0 Å². The number of fused-ring (bicyclic) bond motifs is 1.